The number of benzene rings is 3. The number of carbonyl (C=O) groups excluding carboxylic acids is 1. The number of carboxylic acid groups (broad SMARTS) is 1. The van der Waals surface area contributed by atoms with Crippen LogP contribution in [0.4, 0.5) is 0 Å². The van der Waals surface area contributed by atoms with Gasteiger partial charge in [0.05, 0.1) is 24.8 Å². The van der Waals surface area contributed by atoms with Crippen LogP contribution >= 0.6 is 11.8 Å². The van der Waals surface area contributed by atoms with E-state index in [1.807, 2.05) is 54.6 Å². The Morgan fingerprint density at radius 1 is 0.946 bits per heavy atom. The third kappa shape index (κ3) is 6.27. The Bertz CT molecular complexity index is 1380. The van der Waals surface area contributed by atoms with Crippen LogP contribution in [0, 0.1) is 0 Å². The number of methoxy groups -OCH3 is 1. The topological polar surface area (TPSA) is 94.3 Å². The number of ether oxygens (including phenoxy) is 1. The first-order valence-corrected chi connectivity index (χ1v) is 13.1. The van der Waals surface area contributed by atoms with Crippen LogP contribution in [0.1, 0.15) is 57.4 Å². The quantitative estimate of drug-likeness (QED) is 0.190. The average molecular weight is 516 g/mol. The molecule has 1 aromatic heterocycles. The molecule has 0 atom stereocenters. The van der Waals surface area contributed by atoms with Gasteiger partial charge in [0, 0.05) is 12.2 Å². The lowest BCUT2D eigenvalue weighted by Crippen LogP contribution is -2.08. The van der Waals surface area contributed by atoms with Gasteiger partial charge < -0.3 is 14.4 Å². The van der Waals surface area contributed by atoms with Crippen LogP contribution in [-0.4, -0.2) is 38.9 Å². The number of thioether (sulfide) groups is 1. The van der Waals surface area contributed by atoms with E-state index in [9.17, 15) is 14.7 Å². The number of aromatic carboxylic acids is 1. The SMILES string of the molecule is CCCCc1nnc(SCc2ccccc2C(=O)OC)n1Cc1ccc(-c2ccccc2C(=O)O)cc1. The number of esters is 1. The van der Waals surface area contributed by atoms with Crippen LogP contribution in [-0.2, 0) is 23.5 Å². The molecule has 190 valence electrons. The van der Waals surface area contributed by atoms with Crippen molar-refractivity contribution in [3.8, 4) is 11.1 Å². The van der Waals surface area contributed by atoms with E-state index in [0.717, 1.165) is 46.9 Å². The number of carboxylic acids is 1. The highest BCUT2D eigenvalue weighted by molar-refractivity contribution is 7.98. The van der Waals surface area contributed by atoms with Crippen LogP contribution in [0.3, 0.4) is 0 Å². The van der Waals surface area contributed by atoms with Gasteiger partial charge in [-0.15, -0.1) is 10.2 Å². The molecule has 0 radical (unpaired) electrons. The molecule has 1 heterocycles. The minimum absolute atomic E-state index is 0.279. The summed E-state index contributed by atoms with van der Waals surface area (Å²) in [6.07, 6.45) is 2.89. The Labute approximate surface area is 220 Å². The summed E-state index contributed by atoms with van der Waals surface area (Å²) in [4.78, 5) is 23.8. The minimum atomic E-state index is -0.944. The standard InChI is InChI=1S/C29H29N3O4S/c1-3-4-13-26-30-31-29(37-19-22-9-5-6-11-24(22)28(35)36-2)32(26)18-20-14-16-21(17-15-20)23-10-7-8-12-25(23)27(33)34/h5-12,14-17H,3-4,13,18-19H2,1-2H3,(H,33,34). The van der Waals surface area contributed by atoms with Crippen molar-refractivity contribution < 1.29 is 19.4 Å². The van der Waals surface area contributed by atoms with Gasteiger partial charge in [0.15, 0.2) is 5.16 Å². The smallest absolute Gasteiger partial charge is 0.338 e. The molecular formula is C29H29N3O4S. The second-order valence-corrected chi connectivity index (χ2v) is 9.52. The van der Waals surface area contributed by atoms with Crippen molar-refractivity contribution in [3.63, 3.8) is 0 Å². The number of carbonyl (C=O) groups is 2. The molecule has 37 heavy (non-hydrogen) atoms. The fourth-order valence-electron chi connectivity index (χ4n) is 4.10. The number of aryl methyl sites for hydroxylation is 1. The van der Waals surface area contributed by atoms with E-state index in [2.05, 4.69) is 21.7 Å². The van der Waals surface area contributed by atoms with Crippen LogP contribution in [0.15, 0.2) is 78.0 Å². The Balaban J connectivity index is 1.57. The predicted molar refractivity (Wildman–Crippen MR) is 144 cm³/mol. The lowest BCUT2D eigenvalue weighted by Gasteiger charge is -2.12. The summed E-state index contributed by atoms with van der Waals surface area (Å²) in [5.74, 6) is 0.180. The predicted octanol–water partition coefficient (Wildman–Crippen LogP) is 6.11. The number of aromatic nitrogens is 3. The van der Waals surface area contributed by atoms with E-state index in [1.54, 1.807) is 18.2 Å². The molecule has 3 aromatic carbocycles. The Hall–Kier alpha value is -3.91. The number of nitrogens with zero attached hydrogens (tertiary/aromatic N) is 3. The van der Waals surface area contributed by atoms with Gasteiger partial charge in [-0.2, -0.15) is 0 Å². The van der Waals surface area contributed by atoms with Crippen molar-refractivity contribution >= 4 is 23.7 Å². The molecular weight excluding hydrogens is 486 g/mol. The molecule has 7 nitrogen and oxygen atoms in total. The van der Waals surface area contributed by atoms with Gasteiger partial charge in [0.25, 0.3) is 0 Å². The van der Waals surface area contributed by atoms with E-state index in [4.69, 9.17) is 4.74 Å². The molecule has 0 amide bonds. The van der Waals surface area contributed by atoms with Crippen LogP contribution < -0.4 is 0 Å². The Morgan fingerprint density at radius 2 is 1.65 bits per heavy atom. The van der Waals surface area contributed by atoms with Crippen molar-refractivity contribution in [3.05, 3.63) is 101 Å². The fraction of sp³-hybridized carbons (Fsp3) is 0.241. The monoisotopic (exact) mass is 515 g/mol. The molecule has 0 fully saturated rings. The number of hydrogen-bond acceptors (Lipinski definition) is 6. The number of unbranched alkanes of at least 4 members (excludes halogenated alkanes) is 1. The molecule has 4 rings (SSSR count). The van der Waals surface area contributed by atoms with Crippen molar-refractivity contribution in [1.82, 2.24) is 14.8 Å². The van der Waals surface area contributed by atoms with E-state index in [0.29, 0.717) is 23.4 Å². The summed E-state index contributed by atoms with van der Waals surface area (Å²) in [5, 5.41) is 19.3. The normalized spacial score (nSPS) is 10.9. The number of hydrogen-bond donors (Lipinski definition) is 1. The molecule has 0 aliphatic heterocycles. The van der Waals surface area contributed by atoms with Crippen molar-refractivity contribution in [2.45, 2.75) is 43.6 Å². The summed E-state index contributed by atoms with van der Waals surface area (Å²) in [7, 11) is 1.38. The molecule has 0 saturated carbocycles. The van der Waals surface area contributed by atoms with Crippen molar-refractivity contribution in [2.75, 3.05) is 7.11 Å². The van der Waals surface area contributed by atoms with Gasteiger partial charge in [-0.3, -0.25) is 0 Å². The van der Waals surface area contributed by atoms with Crippen molar-refractivity contribution in [1.29, 1.82) is 0 Å². The zero-order valence-electron chi connectivity index (χ0n) is 20.9. The number of rotatable bonds is 11. The molecule has 0 bridgehead atoms. The second kappa shape index (κ2) is 12.4. The first-order valence-electron chi connectivity index (χ1n) is 12.1. The fourth-order valence-corrected chi connectivity index (χ4v) is 5.06. The van der Waals surface area contributed by atoms with Crippen molar-refractivity contribution in [2.24, 2.45) is 0 Å². The van der Waals surface area contributed by atoms with Gasteiger partial charge >= 0.3 is 11.9 Å². The highest BCUT2D eigenvalue weighted by atomic mass is 32.2. The Kier molecular flexibility index (Phi) is 8.74. The molecule has 0 unspecified atom stereocenters. The molecule has 1 N–H and O–H groups in total. The summed E-state index contributed by atoms with van der Waals surface area (Å²) in [6, 6.07) is 22.4. The van der Waals surface area contributed by atoms with Crippen LogP contribution in [0.5, 0.6) is 0 Å². The van der Waals surface area contributed by atoms with Crippen LogP contribution in [0.2, 0.25) is 0 Å². The molecule has 8 heteroatoms. The van der Waals surface area contributed by atoms with Gasteiger partial charge in [-0.1, -0.05) is 85.8 Å². The lowest BCUT2D eigenvalue weighted by atomic mass is 9.99. The Morgan fingerprint density at radius 3 is 2.35 bits per heavy atom. The molecule has 4 aromatic rings. The van der Waals surface area contributed by atoms with E-state index < -0.39 is 5.97 Å². The zero-order valence-corrected chi connectivity index (χ0v) is 21.7. The minimum Gasteiger partial charge on any atom is -0.478 e. The molecule has 0 saturated heterocycles. The maximum Gasteiger partial charge on any atom is 0.338 e. The van der Waals surface area contributed by atoms with Gasteiger partial charge in [-0.05, 0) is 40.8 Å². The van der Waals surface area contributed by atoms with Gasteiger partial charge in [0.2, 0.25) is 0 Å². The second-order valence-electron chi connectivity index (χ2n) is 8.57. The first-order chi connectivity index (χ1) is 18.0. The molecule has 0 aliphatic carbocycles. The third-order valence-electron chi connectivity index (χ3n) is 6.09. The highest BCUT2D eigenvalue weighted by Crippen LogP contribution is 2.27. The van der Waals surface area contributed by atoms with Gasteiger partial charge in [-0.25, -0.2) is 9.59 Å². The maximum atomic E-state index is 12.2. The summed E-state index contributed by atoms with van der Waals surface area (Å²) >= 11 is 1.54. The summed E-state index contributed by atoms with van der Waals surface area (Å²) in [6.45, 7) is 2.74. The van der Waals surface area contributed by atoms with E-state index in [1.165, 1.54) is 18.9 Å². The molecule has 0 spiro atoms. The maximum absolute atomic E-state index is 12.2. The summed E-state index contributed by atoms with van der Waals surface area (Å²) < 4.78 is 7.05. The molecule has 0 aliphatic rings. The van der Waals surface area contributed by atoms with E-state index >= 15 is 0 Å². The van der Waals surface area contributed by atoms with Gasteiger partial charge in [0.1, 0.15) is 5.82 Å². The summed E-state index contributed by atoms with van der Waals surface area (Å²) in [5.41, 5.74) is 4.31. The van der Waals surface area contributed by atoms with E-state index in [-0.39, 0.29) is 11.5 Å². The highest BCUT2D eigenvalue weighted by Gasteiger charge is 2.17. The first kappa shape index (κ1) is 26.2. The van der Waals surface area contributed by atoms with Crippen LogP contribution in [0.25, 0.3) is 11.1 Å². The lowest BCUT2D eigenvalue weighted by molar-refractivity contribution is 0.0599. The third-order valence-corrected chi connectivity index (χ3v) is 7.11. The largest absolute Gasteiger partial charge is 0.478 e. The zero-order chi connectivity index (χ0) is 26.2. The average Bonchev–Trinajstić information content (AvgIpc) is 3.31.